The lowest BCUT2D eigenvalue weighted by atomic mass is 10.1. The Morgan fingerprint density at radius 2 is 1.93 bits per heavy atom. The molecule has 0 bridgehead atoms. The van der Waals surface area contributed by atoms with Crippen molar-refractivity contribution >= 4 is 5.97 Å². The molecule has 0 spiro atoms. The Morgan fingerprint density at radius 3 is 2.40 bits per heavy atom. The van der Waals surface area contributed by atoms with Crippen LogP contribution in [0.4, 0.5) is 4.39 Å². The molecule has 4 nitrogen and oxygen atoms in total. The maximum absolute atomic E-state index is 13.1. The van der Waals surface area contributed by atoms with Crippen LogP contribution in [0.5, 0.6) is 11.5 Å². The molecule has 82 valence electrons. The average Bonchev–Trinajstić information content (AvgIpc) is 2.26. The van der Waals surface area contributed by atoms with Crippen LogP contribution in [-0.4, -0.2) is 25.3 Å². The van der Waals surface area contributed by atoms with Crippen LogP contribution in [0.2, 0.25) is 0 Å². The summed E-state index contributed by atoms with van der Waals surface area (Å²) in [6, 6.07) is 4.11. The van der Waals surface area contributed by atoms with Crippen molar-refractivity contribution in [3.63, 3.8) is 0 Å². The Morgan fingerprint density at radius 1 is 1.33 bits per heavy atom. The van der Waals surface area contributed by atoms with Crippen LogP contribution in [0.1, 0.15) is 11.7 Å². The number of rotatable bonds is 4. The summed E-state index contributed by atoms with van der Waals surface area (Å²) in [5.74, 6) is -0.792. The minimum atomic E-state index is -2.05. The van der Waals surface area contributed by atoms with Gasteiger partial charge in [-0.15, -0.1) is 0 Å². The van der Waals surface area contributed by atoms with Crippen LogP contribution >= 0.6 is 0 Å². The third-order valence-corrected chi connectivity index (χ3v) is 1.92. The first-order valence-corrected chi connectivity index (χ1v) is 4.19. The van der Waals surface area contributed by atoms with E-state index in [4.69, 9.17) is 14.6 Å². The summed E-state index contributed by atoms with van der Waals surface area (Å²) in [5, 5.41) is 8.48. The number of carbonyl (C=O) groups is 1. The summed E-state index contributed by atoms with van der Waals surface area (Å²) in [4.78, 5) is 10.4. The largest absolute Gasteiger partial charge is 0.493 e. The summed E-state index contributed by atoms with van der Waals surface area (Å²) in [6.07, 6.45) is -2.05. The highest BCUT2D eigenvalue weighted by molar-refractivity contribution is 5.74. The Bertz CT molecular complexity index is 364. The molecule has 0 saturated carbocycles. The fourth-order valence-corrected chi connectivity index (χ4v) is 1.15. The number of alkyl halides is 1. The molecule has 0 aliphatic heterocycles. The number of ether oxygens (including phenoxy) is 2. The van der Waals surface area contributed by atoms with Gasteiger partial charge in [0.2, 0.25) is 6.17 Å². The van der Waals surface area contributed by atoms with Gasteiger partial charge in [0.1, 0.15) is 0 Å². The van der Waals surface area contributed by atoms with Crippen molar-refractivity contribution in [2.75, 3.05) is 14.2 Å². The summed E-state index contributed by atoms with van der Waals surface area (Å²) in [7, 11) is 2.84. The molecule has 1 unspecified atom stereocenters. The molecule has 0 aliphatic carbocycles. The monoisotopic (exact) mass is 214 g/mol. The standard InChI is InChI=1S/C10H11FO4/c1-14-7-4-3-6(5-8(7)15-2)9(11)10(12)13/h3-5,9H,1-2H3,(H,12,13). The maximum Gasteiger partial charge on any atom is 0.343 e. The molecule has 0 amide bonds. The zero-order valence-electron chi connectivity index (χ0n) is 8.36. The molecule has 1 aromatic rings. The van der Waals surface area contributed by atoms with Gasteiger partial charge >= 0.3 is 5.97 Å². The van der Waals surface area contributed by atoms with Crippen LogP contribution in [-0.2, 0) is 4.79 Å². The third-order valence-electron chi connectivity index (χ3n) is 1.92. The van der Waals surface area contributed by atoms with Crippen molar-refractivity contribution in [3.05, 3.63) is 23.8 Å². The predicted octanol–water partition coefficient (Wildman–Crippen LogP) is 1.80. The molecule has 1 N–H and O–H groups in total. The number of halogens is 1. The van der Waals surface area contributed by atoms with Gasteiger partial charge in [0, 0.05) is 5.56 Å². The number of methoxy groups -OCH3 is 2. The second-order valence-corrected chi connectivity index (χ2v) is 2.82. The minimum Gasteiger partial charge on any atom is -0.493 e. The van der Waals surface area contributed by atoms with Crippen LogP contribution in [0, 0.1) is 0 Å². The molecule has 0 aliphatic rings. The van der Waals surface area contributed by atoms with Crippen LogP contribution in [0.15, 0.2) is 18.2 Å². The normalized spacial score (nSPS) is 11.9. The van der Waals surface area contributed by atoms with Crippen molar-refractivity contribution in [2.45, 2.75) is 6.17 Å². The summed E-state index contributed by atoms with van der Waals surface area (Å²) >= 11 is 0. The molecule has 0 fully saturated rings. The summed E-state index contributed by atoms with van der Waals surface area (Å²) < 4.78 is 23.0. The van der Waals surface area contributed by atoms with Gasteiger partial charge in [-0.1, -0.05) is 6.07 Å². The van der Waals surface area contributed by atoms with E-state index in [1.165, 1.54) is 32.4 Å². The Kier molecular flexibility index (Phi) is 3.49. The molecular formula is C10H11FO4. The van der Waals surface area contributed by atoms with Crippen molar-refractivity contribution < 1.29 is 23.8 Å². The lowest BCUT2D eigenvalue weighted by Gasteiger charge is -2.10. The number of benzene rings is 1. The lowest BCUT2D eigenvalue weighted by Crippen LogP contribution is -2.06. The molecular weight excluding hydrogens is 203 g/mol. The van der Waals surface area contributed by atoms with Gasteiger partial charge in [-0.2, -0.15) is 0 Å². The number of carboxylic acids is 1. The minimum absolute atomic E-state index is 0.0279. The molecule has 15 heavy (non-hydrogen) atoms. The van der Waals surface area contributed by atoms with Gasteiger partial charge in [0.15, 0.2) is 11.5 Å². The predicted molar refractivity (Wildman–Crippen MR) is 51.0 cm³/mol. The zero-order valence-corrected chi connectivity index (χ0v) is 8.36. The highest BCUT2D eigenvalue weighted by Gasteiger charge is 2.19. The van der Waals surface area contributed by atoms with E-state index in [9.17, 15) is 9.18 Å². The second-order valence-electron chi connectivity index (χ2n) is 2.82. The van der Waals surface area contributed by atoms with Crippen LogP contribution in [0.25, 0.3) is 0 Å². The van der Waals surface area contributed by atoms with E-state index in [0.29, 0.717) is 11.5 Å². The highest BCUT2D eigenvalue weighted by atomic mass is 19.1. The first-order chi connectivity index (χ1) is 7.10. The molecule has 0 saturated heterocycles. The topological polar surface area (TPSA) is 55.8 Å². The summed E-state index contributed by atoms with van der Waals surface area (Å²) in [6.45, 7) is 0. The number of hydrogen-bond donors (Lipinski definition) is 1. The van der Waals surface area contributed by atoms with Crippen molar-refractivity contribution in [1.29, 1.82) is 0 Å². The van der Waals surface area contributed by atoms with Crippen molar-refractivity contribution in [2.24, 2.45) is 0 Å². The van der Waals surface area contributed by atoms with Gasteiger partial charge in [-0.3, -0.25) is 0 Å². The SMILES string of the molecule is COc1ccc(C(F)C(=O)O)cc1OC. The lowest BCUT2D eigenvalue weighted by molar-refractivity contribution is -0.143. The molecule has 0 heterocycles. The quantitative estimate of drug-likeness (QED) is 0.830. The number of hydrogen-bond acceptors (Lipinski definition) is 3. The van der Waals surface area contributed by atoms with E-state index < -0.39 is 12.1 Å². The smallest absolute Gasteiger partial charge is 0.343 e. The maximum atomic E-state index is 13.1. The van der Waals surface area contributed by atoms with Crippen LogP contribution < -0.4 is 9.47 Å². The fraction of sp³-hybridized carbons (Fsp3) is 0.300. The molecule has 1 atom stereocenters. The molecule has 0 radical (unpaired) electrons. The zero-order chi connectivity index (χ0) is 11.4. The first kappa shape index (κ1) is 11.3. The van der Waals surface area contributed by atoms with E-state index in [1.54, 1.807) is 0 Å². The summed E-state index contributed by atoms with van der Waals surface area (Å²) in [5.41, 5.74) is 0.0279. The number of carboxylic acid groups (broad SMARTS) is 1. The van der Waals surface area contributed by atoms with Gasteiger partial charge in [0.25, 0.3) is 0 Å². The Hall–Kier alpha value is -1.78. The molecule has 1 rings (SSSR count). The van der Waals surface area contributed by atoms with Crippen molar-refractivity contribution in [3.8, 4) is 11.5 Å². The van der Waals surface area contributed by atoms with Gasteiger partial charge in [-0.25, -0.2) is 9.18 Å². The highest BCUT2D eigenvalue weighted by Crippen LogP contribution is 2.31. The van der Waals surface area contributed by atoms with Crippen LogP contribution in [0.3, 0.4) is 0 Å². The molecule has 1 aromatic carbocycles. The Balaban J connectivity index is 3.07. The van der Waals surface area contributed by atoms with E-state index in [2.05, 4.69) is 0 Å². The second kappa shape index (κ2) is 4.63. The van der Waals surface area contributed by atoms with E-state index in [0.717, 1.165) is 0 Å². The number of aliphatic carboxylic acids is 1. The third kappa shape index (κ3) is 2.37. The molecule has 0 aromatic heterocycles. The van der Waals surface area contributed by atoms with E-state index in [1.807, 2.05) is 0 Å². The van der Waals surface area contributed by atoms with E-state index in [-0.39, 0.29) is 5.56 Å². The van der Waals surface area contributed by atoms with Crippen molar-refractivity contribution in [1.82, 2.24) is 0 Å². The van der Waals surface area contributed by atoms with Gasteiger partial charge < -0.3 is 14.6 Å². The first-order valence-electron chi connectivity index (χ1n) is 4.19. The van der Waals surface area contributed by atoms with Gasteiger partial charge in [0.05, 0.1) is 14.2 Å². The van der Waals surface area contributed by atoms with Gasteiger partial charge in [-0.05, 0) is 12.1 Å². The average molecular weight is 214 g/mol. The fourth-order valence-electron chi connectivity index (χ4n) is 1.15. The van der Waals surface area contributed by atoms with E-state index >= 15 is 0 Å². The molecule has 5 heteroatoms. The Labute approximate surface area is 86.2 Å².